The van der Waals surface area contributed by atoms with E-state index < -0.39 is 0 Å². The number of rotatable bonds is 5. The van der Waals surface area contributed by atoms with E-state index in [0.717, 1.165) is 22.3 Å². The molecule has 16 heavy (non-hydrogen) atoms. The van der Waals surface area contributed by atoms with Crippen LogP contribution in [0.5, 0.6) is 0 Å². The van der Waals surface area contributed by atoms with Gasteiger partial charge in [-0.1, -0.05) is 0 Å². The van der Waals surface area contributed by atoms with Crippen LogP contribution >= 0.6 is 27.7 Å². The van der Waals surface area contributed by atoms with Crippen molar-refractivity contribution in [3.05, 3.63) is 28.2 Å². The Morgan fingerprint density at radius 1 is 1.56 bits per heavy atom. The highest BCUT2D eigenvalue weighted by Crippen LogP contribution is 2.24. The fourth-order valence-electron chi connectivity index (χ4n) is 1.33. The molecule has 1 atom stereocenters. The summed E-state index contributed by atoms with van der Waals surface area (Å²) in [4.78, 5) is 0. The number of hydrogen-bond acceptors (Lipinski definition) is 3. The molecule has 1 N–H and O–H groups in total. The second-order valence-electron chi connectivity index (χ2n) is 3.63. The van der Waals surface area contributed by atoms with Gasteiger partial charge >= 0.3 is 0 Å². The van der Waals surface area contributed by atoms with Crippen LogP contribution < -0.4 is 5.32 Å². The van der Waals surface area contributed by atoms with Crippen molar-refractivity contribution in [2.45, 2.75) is 19.4 Å². The minimum absolute atomic E-state index is 0.441. The minimum Gasteiger partial charge on any atom is -0.382 e. The Morgan fingerprint density at radius 3 is 2.88 bits per heavy atom. The lowest BCUT2D eigenvalue weighted by atomic mass is 10.2. The van der Waals surface area contributed by atoms with Gasteiger partial charge < -0.3 is 5.32 Å². The number of anilines is 1. The smallest absolute Gasteiger partial charge is 0.0992 e. The van der Waals surface area contributed by atoms with E-state index in [2.05, 4.69) is 40.5 Å². The van der Waals surface area contributed by atoms with Crippen LogP contribution in [0.3, 0.4) is 0 Å². The van der Waals surface area contributed by atoms with E-state index in [0.29, 0.717) is 11.6 Å². The molecule has 0 radical (unpaired) electrons. The maximum atomic E-state index is 8.76. The second-order valence-corrected chi connectivity index (χ2v) is 5.47. The topological polar surface area (TPSA) is 35.8 Å². The first kappa shape index (κ1) is 13.4. The van der Waals surface area contributed by atoms with E-state index in [1.54, 1.807) is 0 Å². The molecule has 0 aromatic heterocycles. The zero-order valence-electron chi connectivity index (χ0n) is 9.46. The Morgan fingerprint density at radius 2 is 2.31 bits per heavy atom. The molecule has 0 saturated heterocycles. The van der Waals surface area contributed by atoms with Crippen LogP contribution in [-0.4, -0.2) is 18.1 Å². The Kier molecular flexibility index (Phi) is 5.72. The highest BCUT2D eigenvalue weighted by atomic mass is 79.9. The molecule has 0 spiro atoms. The minimum atomic E-state index is 0.441. The fraction of sp³-hybridized carbons (Fsp3) is 0.417. The number of hydrogen-bond donors (Lipinski definition) is 1. The molecule has 0 fully saturated rings. The molecule has 0 heterocycles. The normalized spacial score (nSPS) is 11.9. The van der Waals surface area contributed by atoms with E-state index in [4.69, 9.17) is 5.26 Å². The third-order valence-electron chi connectivity index (χ3n) is 2.26. The van der Waals surface area contributed by atoms with Crippen molar-refractivity contribution in [3.63, 3.8) is 0 Å². The van der Waals surface area contributed by atoms with Crippen molar-refractivity contribution in [1.29, 1.82) is 5.26 Å². The number of thioether (sulfide) groups is 1. The molecular formula is C12H15BrN2S. The Hall–Kier alpha value is -0.660. The molecular weight excluding hydrogens is 284 g/mol. The van der Waals surface area contributed by atoms with E-state index in [1.165, 1.54) is 0 Å². The lowest BCUT2D eigenvalue weighted by Gasteiger charge is -2.15. The first-order valence-corrected chi connectivity index (χ1v) is 7.31. The Bertz CT molecular complexity index is 387. The third kappa shape index (κ3) is 4.07. The molecule has 1 aromatic rings. The lowest BCUT2D eigenvalue weighted by Crippen LogP contribution is -2.16. The molecule has 4 heteroatoms. The molecule has 0 aliphatic carbocycles. The standard InChI is InChI=1S/C12H15BrN2S/c1-9(5-6-16-2)15-12-4-3-10(8-14)7-11(12)13/h3-4,7,9,15H,5-6H2,1-2H3. The van der Waals surface area contributed by atoms with Gasteiger partial charge in [-0.3, -0.25) is 0 Å². The summed E-state index contributed by atoms with van der Waals surface area (Å²) in [5, 5.41) is 12.2. The quantitative estimate of drug-likeness (QED) is 0.896. The summed E-state index contributed by atoms with van der Waals surface area (Å²) in [7, 11) is 0. The number of benzene rings is 1. The van der Waals surface area contributed by atoms with Gasteiger partial charge in [0.1, 0.15) is 0 Å². The summed E-state index contributed by atoms with van der Waals surface area (Å²) >= 11 is 5.32. The van der Waals surface area contributed by atoms with Crippen molar-refractivity contribution < 1.29 is 0 Å². The van der Waals surface area contributed by atoms with Crippen LogP contribution in [0, 0.1) is 11.3 Å². The van der Waals surface area contributed by atoms with E-state index in [-0.39, 0.29) is 0 Å². The van der Waals surface area contributed by atoms with Crippen molar-refractivity contribution in [1.82, 2.24) is 0 Å². The molecule has 1 aromatic carbocycles. The van der Waals surface area contributed by atoms with Crippen LogP contribution in [0.15, 0.2) is 22.7 Å². The van der Waals surface area contributed by atoms with E-state index in [9.17, 15) is 0 Å². The van der Waals surface area contributed by atoms with Gasteiger partial charge in [0, 0.05) is 16.2 Å². The fourth-order valence-corrected chi connectivity index (χ4v) is 2.42. The first-order valence-electron chi connectivity index (χ1n) is 5.12. The summed E-state index contributed by atoms with van der Waals surface area (Å²) in [5.41, 5.74) is 1.72. The van der Waals surface area contributed by atoms with Crippen molar-refractivity contribution in [2.75, 3.05) is 17.3 Å². The maximum Gasteiger partial charge on any atom is 0.0992 e. The summed E-state index contributed by atoms with van der Waals surface area (Å²) in [6.07, 6.45) is 3.25. The molecule has 0 aliphatic rings. The van der Waals surface area contributed by atoms with Gasteiger partial charge in [0.05, 0.1) is 11.6 Å². The molecule has 0 bridgehead atoms. The maximum absolute atomic E-state index is 8.76. The summed E-state index contributed by atoms with van der Waals surface area (Å²) in [6.45, 7) is 2.17. The van der Waals surface area contributed by atoms with Crippen LogP contribution in [0.2, 0.25) is 0 Å². The van der Waals surface area contributed by atoms with Gasteiger partial charge in [-0.15, -0.1) is 0 Å². The zero-order valence-corrected chi connectivity index (χ0v) is 11.9. The summed E-state index contributed by atoms with van der Waals surface area (Å²) in [6, 6.07) is 8.17. The molecule has 1 unspecified atom stereocenters. The number of halogens is 1. The van der Waals surface area contributed by atoms with Crippen LogP contribution in [0.25, 0.3) is 0 Å². The van der Waals surface area contributed by atoms with Gasteiger partial charge in [-0.2, -0.15) is 17.0 Å². The van der Waals surface area contributed by atoms with Crippen molar-refractivity contribution in [3.8, 4) is 6.07 Å². The van der Waals surface area contributed by atoms with Gasteiger partial charge in [0.15, 0.2) is 0 Å². The molecule has 2 nitrogen and oxygen atoms in total. The predicted molar refractivity (Wildman–Crippen MR) is 74.9 cm³/mol. The van der Waals surface area contributed by atoms with Gasteiger partial charge in [0.25, 0.3) is 0 Å². The van der Waals surface area contributed by atoms with E-state index >= 15 is 0 Å². The van der Waals surface area contributed by atoms with Crippen molar-refractivity contribution >= 4 is 33.4 Å². The molecule has 1 rings (SSSR count). The lowest BCUT2D eigenvalue weighted by molar-refractivity contribution is 0.771. The van der Waals surface area contributed by atoms with Crippen LogP contribution in [-0.2, 0) is 0 Å². The number of nitriles is 1. The average molecular weight is 299 g/mol. The van der Waals surface area contributed by atoms with Gasteiger partial charge in [-0.25, -0.2) is 0 Å². The Labute approximate surface area is 110 Å². The molecule has 0 aliphatic heterocycles. The largest absolute Gasteiger partial charge is 0.382 e. The number of nitrogens with one attached hydrogen (secondary N) is 1. The monoisotopic (exact) mass is 298 g/mol. The van der Waals surface area contributed by atoms with Gasteiger partial charge in [-0.05, 0) is 59.5 Å². The highest BCUT2D eigenvalue weighted by Gasteiger charge is 2.05. The molecule has 0 saturated carbocycles. The summed E-state index contributed by atoms with van der Waals surface area (Å²) in [5.74, 6) is 1.15. The van der Waals surface area contributed by atoms with Gasteiger partial charge in [0.2, 0.25) is 0 Å². The van der Waals surface area contributed by atoms with Crippen LogP contribution in [0.4, 0.5) is 5.69 Å². The average Bonchev–Trinajstić information content (AvgIpc) is 2.29. The third-order valence-corrected chi connectivity index (χ3v) is 3.56. The van der Waals surface area contributed by atoms with Crippen LogP contribution in [0.1, 0.15) is 18.9 Å². The predicted octanol–water partition coefficient (Wildman–Crippen LogP) is 3.87. The number of nitrogens with zero attached hydrogens (tertiary/aromatic N) is 1. The second kappa shape index (κ2) is 6.82. The highest BCUT2D eigenvalue weighted by molar-refractivity contribution is 9.10. The SMILES string of the molecule is CSCCC(C)Nc1ccc(C#N)cc1Br. The van der Waals surface area contributed by atoms with E-state index in [1.807, 2.05) is 30.0 Å². The summed E-state index contributed by atoms with van der Waals surface area (Å²) < 4.78 is 0.947. The Balaban J connectivity index is 2.64. The first-order chi connectivity index (χ1) is 7.67. The molecule has 86 valence electrons. The zero-order chi connectivity index (χ0) is 12.0. The molecule has 0 amide bonds. The van der Waals surface area contributed by atoms with Crippen molar-refractivity contribution in [2.24, 2.45) is 0 Å².